The van der Waals surface area contributed by atoms with Crippen LogP contribution in [0.5, 0.6) is 0 Å². The van der Waals surface area contributed by atoms with Crippen molar-refractivity contribution in [1.82, 2.24) is 0 Å². The zero-order chi connectivity index (χ0) is 9.66. The van der Waals surface area contributed by atoms with Crippen LogP contribution in [-0.2, 0) is 0 Å². The largest absolute Gasteiger partial charge is 0.0853 e. The van der Waals surface area contributed by atoms with E-state index in [-0.39, 0.29) is 0 Å². The monoisotopic (exact) mass is 318 g/mol. The lowest BCUT2D eigenvalue weighted by molar-refractivity contribution is -0.127. The Hall–Kier alpha value is 0.960. The summed E-state index contributed by atoms with van der Waals surface area (Å²) >= 11 is 7.66. The molecule has 0 aromatic heterocycles. The van der Waals surface area contributed by atoms with Crippen LogP contribution < -0.4 is 0 Å². The molecule has 0 aromatic carbocycles. The molecule has 0 aliphatic heterocycles. The van der Waals surface area contributed by atoms with Gasteiger partial charge in [0.1, 0.15) is 0 Å². The molecule has 6 aliphatic rings. The minimum absolute atomic E-state index is 0.628. The molecule has 6 rings (SSSR count). The van der Waals surface area contributed by atoms with Gasteiger partial charge < -0.3 is 0 Å². The van der Waals surface area contributed by atoms with E-state index in [2.05, 4.69) is 31.9 Å². The third kappa shape index (κ3) is 0.959. The average Bonchev–Trinajstić information content (AvgIpc) is 1.86. The molecule has 6 saturated carbocycles. The molecule has 0 atom stereocenters. The summed E-state index contributed by atoms with van der Waals surface area (Å²) in [6, 6.07) is 0. The van der Waals surface area contributed by atoms with E-state index in [9.17, 15) is 0 Å². The molecule has 6 fully saturated rings. The van der Waals surface area contributed by atoms with E-state index in [0.29, 0.717) is 8.65 Å². The van der Waals surface area contributed by atoms with Crippen LogP contribution in [0.25, 0.3) is 0 Å². The fourth-order valence-corrected chi connectivity index (χ4v) is 8.35. The highest BCUT2D eigenvalue weighted by atomic mass is 79.9. The lowest BCUT2D eigenvalue weighted by Crippen LogP contribution is -2.66. The second-order valence-corrected chi connectivity index (χ2v) is 10.2. The van der Waals surface area contributed by atoms with Crippen molar-refractivity contribution in [3.63, 3.8) is 0 Å². The summed E-state index contributed by atoms with van der Waals surface area (Å²) in [6.45, 7) is 0. The quantitative estimate of drug-likeness (QED) is 0.676. The van der Waals surface area contributed by atoms with Gasteiger partial charge in [0.15, 0.2) is 0 Å². The number of alkyl halides is 2. The van der Waals surface area contributed by atoms with E-state index in [1.165, 1.54) is 51.4 Å². The molecule has 0 amide bonds. The molecule has 0 heterocycles. The maximum Gasteiger partial charge on any atom is 0.0273 e. The van der Waals surface area contributed by atoms with Crippen LogP contribution in [0.2, 0.25) is 0 Å². The molecule has 0 N–H and O–H groups in total. The number of rotatable bonds is 3. The summed E-state index contributed by atoms with van der Waals surface area (Å²) in [5, 5.41) is 0. The highest BCUT2D eigenvalue weighted by Crippen LogP contribution is 2.77. The highest BCUT2D eigenvalue weighted by molar-refractivity contribution is 9.10. The van der Waals surface area contributed by atoms with Crippen LogP contribution >= 0.6 is 31.9 Å². The number of hydrogen-bond donors (Lipinski definition) is 0. The van der Waals surface area contributed by atoms with Gasteiger partial charge in [-0.3, -0.25) is 0 Å². The van der Waals surface area contributed by atoms with Crippen molar-refractivity contribution in [2.24, 2.45) is 10.8 Å². The first kappa shape index (κ1) is 9.04. The highest BCUT2D eigenvalue weighted by Gasteiger charge is 2.69. The summed E-state index contributed by atoms with van der Waals surface area (Å²) < 4.78 is 1.26. The van der Waals surface area contributed by atoms with Crippen molar-refractivity contribution in [2.75, 3.05) is 0 Å². The summed E-state index contributed by atoms with van der Waals surface area (Å²) in [5.74, 6) is 0. The van der Waals surface area contributed by atoms with Crippen LogP contribution in [0.4, 0.5) is 0 Å². The predicted octanol–water partition coefficient (Wildman–Crippen LogP) is 4.40. The Morgan fingerprint density at radius 2 is 0.929 bits per heavy atom. The molecule has 0 unspecified atom stereocenters. The molecule has 0 radical (unpaired) electrons. The lowest BCUT2D eigenvalue weighted by atomic mass is 9.38. The zero-order valence-corrected chi connectivity index (χ0v) is 11.6. The molecule has 0 saturated heterocycles. The van der Waals surface area contributed by atoms with E-state index >= 15 is 0 Å². The van der Waals surface area contributed by atoms with Crippen LogP contribution in [0.1, 0.15) is 51.4 Å². The van der Waals surface area contributed by atoms with Gasteiger partial charge in [-0.1, -0.05) is 31.9 Å². The molecule has 78 valence electrons. The van der Waals surface area contributed by atoms with Crippen LogP contribution in [-0.4, -0.2) is 8.65 Å². The van der Waals surface area contributed by atoms with Crippen molar-refractivity contribution >= 4 is 31.9 Å². The molecule has 4 bridgehead atoms. The van der Waals surface area contributed by atoms with Gasteiger partial charge in [0.25, 0.3) is 0 Å². The first-order valence-corrected chi connectivity index (χ1v) is 7.41. The summed E-state index contributed by atoms with van der Waals surface area (Å²) in [4.78, 5) is 0. The minimum atomic E-state index is 0.628. The van der Waals surface area contributed by atoms with Gasteiger partial charge in [-0.2, -0.15) is 0 Å². The SMILES string of the molecule is BrC12CC(CCC34CC(Br)(C3)C4)(C1)C2. The Labute approximate surface area is 102 Å². The molecule has 2 heteroatoms. The second-order valence-electron chi connectivity index (χ2n) is 6.86. The molecule has 6 aliphatic carbocycles. The number of hydrogen-bond acceptors (Lipinski definition) is 0. The summed E-state index contributed by atoms with van der Waals surface area (Å²) in [5.41, 5.74) is 1.64. The van der Waals surface area contributed by atoms with Gasteiger partial charge in [-0.25, -0.2) is 0 Å². The van der Waals surface area contributed by atoms with Crippen LogP contribution in [0.15, 0.2) is 0 Å². The van der Waals surface area contributed by atoms with Gasteiger partial charge in [0.2, 0.25) is 0 Å². The van der Waals surface area contributed by atoms with Crippen molar-refractivity contribution in [2.45, 2.75) is 60.0 Å². The van der Waals surface area contributed by atoms with Crippen LogP contribution in [0.3, 0.4) is 0 Å². The Morgan fingerprint density at radius 1 is 0.643 bits per heavy atom. The van der Waals surface area contributed by atoms with Crippen molar-refractivity contribution in [1.29, 1.82) is 0 Å². The fraction of sp³-hybridized carbons (Fsp3) is 1.00. The topological polar surface area (TPSA) is 0 Å². The first-order chi connectivity index (χ1) is 6.45. The predicted molar refractivity (Wildman–Crippen MR) is 65.1 cm³/mol. The fourth-order valence-electron chi connectivity index (χ4n) is 4.78. The standard InChI is InChI=1S/C12H16Br2/c13-11-3-9(4-11,5-11)1-2-10-6-12(14,7-10)8-10/h1-8H2. The summed E-state index contributed by atoms with van der Waals surface area (Å²) in [7, 11) is 0. The average molecular weight is 320 g/mol. The van der Waals surface area contributed by atoms with E-state index in [0.717, 1.165) is 10.8 Å². The molecular weight excluding hydrogens is 304 g/mol. The van der Waals surface area contributed by atoms with Gasteiger partial charge >= 0.3 is 0 Å². The van der Waals surface area contributed by atoms with E-state index in [1.54, 1.807) is 0 Å². The molecule has 0 spiro atoms. The summed E-state index contributed by atoms with van der Waals surface area (Å²) in [6.07, 6.45) is 12.0. The van der Waals surface area contributed by atoms with Gasteiger partial charge in [0.05, 0.1) is 0 Å². The molecule has 0 aromatic rings. The van der Waals surface area contributed by atoms with E-state index in [1.807, 2.05) is 0 Å². The smallest absolute Gasteiger partial charge is 0.0273 e. The van der Waals surface area contributed by atoms with E-state index in [4.69, 9.17) is 0 Å². The maximum absolute atomic E-state index is 3.83. The molecular formula is C12H16Br2. The Bertz CT molecular complexity index is 249. The third-order valence-corrected chi connectivity index (χ3v) is 7.02. The second kappa shape index (κ2) is 2.16. The van der Waals surface area contributed by atoms with Crippen LogP contribution in [0, 0.1) is 10.8 Å². The van der Waals surface area contributed by atoms with Crippen molar-refractivity contribution in [3.8, 4) is 0 Å². The Balaban J connectivity index is 1.33. The first-order valence-electron chi connectivity index (χ1n) is 5.83. The third-order valence-electron chi connectivity index (χ3n) is 5.34. The Morgan fingerprint density at radius 3 is 1.14 bits per heavy atom. The normalized spacial score (nSPS) is 67.3. The number of halogens is 2. The van der Waals surface area contributed by atoms with E-state index < -0.39 is 0 Å². The maximum atomic E-state index is 3.83. The Kier molecular flexibility index (Phi) is 1.39. The molecule has 14 heavy (non-hydrogen) atoms. The molecule has 0 nitrogen and oxygen atoms in total. The van der Waals surface area contributed by atoms with Gasteiger partial charge in [0, 0.05) is 8.65 Å². The van der Waals surface area contributed by atoms with Crippen molar-refractivity contribution < 1.29 is 0 Å². The van der Waals surface area contributed by atoms with Crippen molar-refractivity contribution in [3.05, 3.63) is 0 Å². The zero-order valence-electron chi connectivity index (χ0n) is 8.41. The van der Waals surface area contributed by atoms with Gasteiger partial charge in [-0.05, 0) is 62.2 Å². The minimum Gasteiger partial charge on any atom is -0.0853 e. The lowest BCUT2D eigenvalue weighted by Gasteiger charge is -2.72. The van der Waals surface area contributed by atoms with Gasteiger partial charge in [-0.15, -0.1) is 0 Å².